The van der Waals surface area contributed by atoms with Crippen LogP contribution >= 0.6 is 0 Å². The molecule has 1 amide bonds. The van der Waals surface area contributed by atoms with Gasteiger partial charge in [-0.1, -0.05) is 5.92 Å². The second-order valence-electron chi connectivity index (χ2n) is 3.86. The Balaban J connectivity index is 4.74. The normalized spacial score (nSPS) is 12.6. The molecule has 8 heteroatoms. The SMILES string of the molecule is C#C[C@H](OC)C(=O)N[C@@H](CCC(=O)C=N)C(=O)OCOC. The number of hydrogen-bond donors (Lipinski definition) is 2. The molecule has 0 fully saturated rings. The third kappa shape index (κ3) is 7.20. The van der Waals surface area contributed by atoms with Crippen LogP contribution in [0.4, 0.5) is 0 Å². The lowest BCUT2D eigenvalue weighted by Gasteiger charge is -2.18. The minimum Gasteiger partial charge on any atom is -0.437 e. The van der Waals surface area contributed by atoms with Crippen molar-refractivity contribution in [3.05, 3.63) is 0 Å². The molecule has 0 aliphatic rings. The zero-order chi connectivity index (χ0) is 16.3. The maximum atomic E-state index is 11.8. The molecular formula is C13H18N2O6. The maximum Gasteiger partial charge on any atom is 0.330 e. The summed E-state index contributed by atoms with van der Waals surface area (Å²) in [6, 6.07) is -1.08. The fraction of sp³-hybridized carbons (Fsp3) is 0.538. The molecule has 0 aromatic heterocycles. The van der Waals surface area contributed by atoms with Crippen molar-refractivity contribution in [1.82, 2.24) is 5.32 Å². The van der Waals surface area contributed by atoms with Crippen molar-refractivity contribution < 1.29 is 28.6 Å². The second kappa shape index (κ2) is 10.5. The summed E-state index contributed by atoms with van der Waals surface area (Å²) in [6.07, 6.45) is 4.47. The fourth-order valence-corrected chi connectivity index (χ4v) is 1.32. The molecule has 0 bridgehead atoms. The molecule has 21 heavy (non-hydrogen) atoms. The predicted octanol–water partition coefficient (Wildman–Crippen LogP) is -0.735. The van der Waals surface area contributed by atoms with Gasteiger partial charge in [-0.25, -0.2) is 4.79 Å². The van der Waals surface area contributed by atoms with Crippen LogP contribution in [-0.4, -0.2) is 57.0 Å². The largest absolute Gasteiger partial charge is 0.437 e. The van der Waals surface area contributed by atoms with Gasteiger partial charge in [0.2, 0.25) is 0 Å². The van der Waals surface area contributed by atoms with E-state index >= 15 is 0 Å². The third-order valence-corrected chi connectivity index (χ3v) is 2.39. The van der Waals surface area contributed by atoms with Gasteiger partial charge in [0.25, 0.3) is 5.91 Å². The van der Waals surface area contributed by atoms with E-state index in [9.17, 15) is 14.4 Å². The predicted molar refractivity (Wildman–Crippen MR) is 72.6 cm³/mol. The number of carbonyl (C=O) groups excluding carboxylic acids is 3. The molecule has 2 N–H and O–H groups in total. The molecule has 0 aromatic rings. The first-order valence-corrected chi connectivity index (χ1v) is 5.98. The maximum absolute atomic E-state index is 11.8. The first-order valence-electron chi connectivity index (χ1n) is 5.98. The van der Waals surface area contributed by atoms with Crippen molar-refractivity contribution in [1.29, 1.82) is 5.41 Å². The van der Waals surface area contributed by atoms with Crippen LogP contribution in [0.15, 0.2) is 0 Å². The molecule has 0 aromatic carbocycles. The second-order valence-corrected chi connectivity index (χ2v) is 3.86. The van der Waals surface area contributed by atoms with E-state index in [-0.39, 0.29) is 19.6 Å². The van der Waals surface area contributed by atoms with Gasteiger partial charge in [0, 0.05) is 20.6 Å². The number of amides is 1. The highest BCUT2D eigenvalue weighted by Gasteiger charge is 2.26. The van der Waals surface area contributed by atoms with Crippen molar-refractivity contribution in [2.24, 2.45) is 0 Å². The van der Waals surface area contributed by atoms with Gasteiger partial charge < -0.3 is 24.9 Å². The number of Topliss-reactive ketones (excluding diaryl/α,β-unsaturated/α-hetero) is 1. The molecule has 0 aliphatic heterocycles. The smallest absolute Gasteiger partial charge is 0.330 e. The molecule has 8 nitrogen and oxygen atoms in total. The lowest BCUT2D eigenvalue weighted by atomic mass is 10.1. The molecule has 116 valence electrons. The highest BCUT2D eigenvalue weighted by Crippen LogP contribution is 2.02. The van der Waals surface area contributed by atoms with Crippen molar-refractivity contribution in [2.45, 2.75) is 25.0 Å². The lowest BCUT2D eigenvalue weighted by molar-refractivity contribution is -0.158. The van der Waals surface area contributed by atoms with Crippen molar-refractivity contribution in [2.75, 3.05) is 21.0 Å². The molecule has 2 atom stereocenters. The molecule has 0 saturated heterocycles. The minimum atomic E-state index is -1.15. The monoisotopic (exact) mass is 298 g/mol. The van der Waals surface area contributed by atoms with Gasteiger partial charge in [-0.2, -0.15) is 0 Å². The van der Waals surface area contributed by atoms with Crippen molar-refractivity contribution in [3.8, 4) is 12.3 Å². The Bertz CT molecular complexity index is 429. The van der Waals surface area contributed by atoms with Gasteiger partial charge in [-0.15, -0.1) is 6.42 Å². The van der Waals surface area contributed by atoms with E-state index < -0.39 is 29.8 Å². The summed E-state index contributed by atoms with van der Waals surface area (Å²) in [5, 5.41) is 9.14. The molecule has 0 aliphatic carbocycles. The molecule has 0 heterocycles. The van der Waals surface area contributed by atoms with E-state index in [2.05, 4.69) is 16.0 Å². The van der Waals surface area contributed by atoms with Crippen LogP contribution in [0, 0.1) is 17.8 Å². The topological polar surface area (TPSA) is 115 Å². The van der Waals surface area contributed by atoms with Crippen LogP contribution in [0.1, 0.15) is 12.8 Å². The van der Waals surface area contributed by atoms with E-state index in [0.29, 0.717) is 6.21 Å². The van der Waals surface area contributed by atoms with Crippen LogP contribution in [-0.2, 0) is 28.6 Å². The number of methoxy groups -OCH3 is 2. The number of carbonyl (C=O) groups is 3. The first kappa shape index (κ1) is 18.8. The summed E-state index contributed by atoms with van der Waals surface area (Å²) in [5.74, 6) is 0.162. The first-order chi connectivity index (χ1) is 9.99. The number of ketones is 1. The zero-order valence-corrected chi connectivity index (χ0v) is 11.9. The average Bonchev–Trinajstić information content (AvgIpc) is 2.49. The Labute approximate surface area is 122 Å². The third-order valence-electron chi connectivity index (χ3n) is 2.39. The number of hydrogen-bond acceptors (Lipinski definition) is 7. The molecular weight excluding hydrogens is 280 g/mol. The number of esters is 1. The van der Waals surface area contributed by atoms with Gasteiger partial charge in [-0.3, -0.25) is 9.59 Å². The van der Waals surface area contributed by atoms with Crippen LogP contribution in [0.5, 0.6) is 0 Å². The molecule has 0 spiro atoms. The van der Waals surface area contributed by atoms with Gasteiger partial charge >= 0.3 is 5.97 Å². The Morgan fingerprint density at radius 2 is 2.05 bits per heavy atom. The molecule has 0 radical (unpaired) electrons. The number of nitrogens with one attached hydrogen (secondary N) is 2. The van der Waals surface area contributed by atoms with Crippen molar-refractivity contribution >= 4 is 23.9 Å². The highest BCUT2D eigenvalue weighted by molar-refractivity contribution is 6.26. The number of rotatable bonds is 10. The highest BCUT2D eigenvalue weighted by atomic mass is 16.7. The van der Waals surface area contributed by atoms with Crippen LogP contribution < -0.4 is 5.32 Å². The lowest BCUT2D eigenvalue weighted by Crippen LogP contribution is -2.46. The molecule has 0 unspecified atom stereocenters. The van der Waals surface area contributed by atoms with Gasteiger partial charge in [0.1, 0.15) is 6.04 Å². The fourth-order valence-electron chi connectivity index (χ4n) is 1.32. The summed E-state index contributed by atoms with van der Waals surface area (Å²) in [5.41, 5.74) is 0. The number of terminal acetylenes is 1. The molecule has 0 saturated carbocycles. The van der Waals surface area contributed by atoms with Gasteiger partial charge in [-0.05, 0) is 6.42 Å². The van der Waals surface area contributed by atoms with E-state index in [1.165, 1.54) is 14.2 Å². The summed E-state index contributed by atoms with van der Waals surface area (Å²) in [7, 11) is 2.58. The Morgan fingerprint density at radius 3 is 2.52 bits per heavy atom. The van der Waals surface area contributed by atoms with E-state index in [1.54, 1.807) is 0 Å². The van der Waals surface area contributed by atoms with Gasteiger partial charge in [0.15, 0.2) is 18.7 Å². The Morgan fingerprint density at radius 1 is 1.38 bits per heavy atom. The quantitative estimate of drug-likeness (QED) is 0.238. The van der Waals surface area contributed by atoms with E-state index in [1.807, 2.05) is 0 Å². The Kier molecular flexibility index (Phi) is 9.41. The van der Waals surface area contributed by atoms with E-state index in [0.717, 1.165) is 0 Å². The summed E-state index contributed by atoms with van der Waals surface area (Å²) >= 11 is 0. The van der Waals surface area contributed by atoms with Crippen molar-refractivity contribution in [3.63, 3.8) is 0 Å². The number of ether oxygens (including phenoxy) is 3. The van der Waals surface area contributed by atoms with Gasteiger partial charge in [0.05, 0.1) is 6.21 Å². The standard InChI is InChI=1S/C13H18N2O6/c1-4-11(20-3)12(17)15-10(6-5-9(16)7-14)13(18)21-8-19-2/h1,7,10-11,14H,5-6,8H2,2-3H3,(H,15,17)/t10-,11-/m0/s1. The summed E-state index contributed by atoms with van der Waals surface area (Å²) in [6.45, 7) is -0.285. The van der Waals surface area contributed by atoms with Crippen LogP contribution in [0.2, 0.25) is 0 Å². The summed E-state index contributed by atoms with van der Waals surface area (Å²) < 4.78 is 14.1. The van der Waals surface area contributed by atoms with Crippen LogP contribution in [0.3, 0.4) is 0 Å². The molecule has 0 rings (SSSR count). The van der Waals surface area contributed by atoms with E-state index in [4.69, 9.17) is 21.3 Å². The zero-order valence-electron chi connectivity index (χ0n) is 11.9. The average molecular weight is 298 g/mol. The Hall–Kier alpha value is -2.24. The van der Waals surface area contributed by atoms with Crippen LogP contribution in [0.25, 0.3) is 0 Å². The minimum absolute atomic E-state index is 0.0243. The summed E-state index contributed by atoms with van der Waals surface area (Å²) in [4.78, 5) is 34.6.